The van der Waals surface area contributed by atoms with Gasteiger partial charge in [-0.1, -0.05) is 11.6 Å². The Morgan fingerprint density at radius 3 is 2.73 bits per heavy atom. The number of hydrogen-bond donors (Lipinski definition) is 1. The van der Waals surface area contributed by atoms with Gasteiger partial charge in [0.05, 0.1) is 11.4 Å². The second kappa shape index (κ2) is 8.00. The molecule has 2 heterocycles. The largest absolute Gasteiger partial charge is 0.485 e. The molecule has 0 bridgehead atoms. The van der Waals surface area contributed by atoms with E-state index in [2.05, 4.69) is 10.3 Å². The molecule has 0 radical (unpaired) electrons. The Balaban J connectivity index is 1.55. The summed E-state index contributed by atoms with van der Waals surface area (Å²) in [6, 6.07) is 12.8. The predicted octanol–water partition coefficient (Wildman–Crippen LogP) is 4.22. The molecule has 0 aliphatic rings. The fraction of sp³-hybridized carbons (Fsp3) is 0.0952. The summed E-state index contributed by atoms with van der Waals surface area (Å²) in [5, 5.41) is 3.09. The maximum absolute atomic E-state index is 13.1. The third-order valence-electron chi connectivity index (χ3n) is 4.20. The van der Waals surface area contributed by atoms with E-state index in [0.29, 0.717) is 33.6 Å². The van der Waals surface area contributed by atoms with E-state index in [0.717, 1.165) is 4.57 Å². The third kappa shape index (κ3) is 4.18. The average molecular weight is 428 g/mol. The summed E-state index contributed by atoms with van der Waals surface area (Å²) in [5.41, 5.74) is 1.00. The van der Waals surface area contributed by atoms with Crippen LogP contribution in [0.25, 0.3) is 5.65 Å². The molecule has 0 spiro atoms. The van der Waals surface area contributed by atoms with Crippen molar-refractivity contribution in [2.24, 2.45) is 0 Å². The van der Waals surface area contributed by atoms with E-state index < -0.39 is 11.7 Å². The summed E-state index contributed by atoms with van der Waals surface area (Å²) < 4.78 is 25.2. The fourth-order valence-electron chi connectivity index (χ4n) is 2.82. The molecule has 0 aliphatic carbocycles. The Morgan fingerprint density at radius 1 is 1.20 bits per heavy atom. The fourth-order valence-corrected chi connectivity index (χ4v) is 2.99. The van der Waals surface area contributed by atoms with Crippen LogP contribution in [0.2, 0.25) is 5.02 Å². The Hall–Kier alpha value is -3.65. The monoisotopic (exact) mass is 427 g/mol. The lowest BCUT2D eigenvalue weighted by Crippen LogP contribution is -2.15. The Morgan fingerprint density at radius 2 is 1.97 bits per heavy atom. The van der Waals surface area contributed by atoms with Crippen molar-refractivity contribution in [2.45, 2.75) is 13.5 Å². The quantitative estimate of drug-likeness (QED) is 0.515. The molecule has 0 atom stereocenters. The molecule has 0 saturated carbocycles. The molecule has 1 amide bonds. The van der Waals surface area contributed by atoms with Gasteiger partial charge >= 0.3 is 0 Å². The maximum Gasteiger partial charge on any atom is 0.287 e. The number of carbonyl (C=O) groups is 1. The van der Waals surface area contributed by atoms with Gasteiger partial charge in [0.25, 0.3) is 11.5 Å². The Labute approximate surface area is 174 Å². The van der Waals surface area contributed by atoms with E-state index in [1.807, 2.05) is 0 Å². The van der Waals surface area contributed by atoms with Crippen LogP contribution in [0.3, 0.4) is 0 Å². The van der Waals surface area contributed by atoms with Crippen molar-refractivity contribution in [3.05, 3.63) is 92.8 Å². The van der Waals surface area contributed by atoms with Gasteiger partial charge in [-0.15, -0.1) is 4.57 Å². The molecule has 0 unspecified atom stereocenters. The number of rotatable bonds is 5. The Kier molecular flexibility index (Phi) is 5.24. The lowest BCUT2D eigenvalue weighted by atomic mass is 10.2. The third-order valence-corrected chi connectivity index (χ3v) is 4.43. The highest BCUT2D eigenvalue weighted by molar-refractivity contribution is 6.31. The molecule has 1 N–H and O–H groups in total. The summed E-state index contributed by atoms with van der Waals surface area (Å²) in [6.45, 7) is 1.70. The van der Waals surface area contributed by atoms with Crippen LogP contribution in [-0.4, -0.2) is 15.5 Å². The number of nitrogens with one attached hydrogen (secondary N) is 1. The van der Waals surface area contributed by atoms with Crippen molar-refractivity contribution in [1.29, 1.82) is 0 Å². The smallest absolute Gasteiger partial charge is 0.287 e. The van der Waals surface area contributed by atoms with Crippen molar-refractivity contribution in [1.82, 2.24) is 9.56 Å². The SMILES string of the molecule is Cc1cc2nc(COc3ccc(Cl)cc3NC(=O)c3ccc(F)cc3)cc(=O)n2o1. The van der Waals surface area contributed by atoms with Gasteiger partial charge in [-0.05, 0) is 49.4 Å². The molecule has 4 aromatic rings. The zero-order valence-corrected chi connectivity index (χ0v) is 16.4. The van der Waals surface area contributed by atoms with Crippen molar-refractivity contribution in [3.63, 3.8) is 0 Å². The van der Waals surface area contributed by atoms with Gasteiger partial charge in [0.1, 0.15) is 23.9 Å². The lowest BCUT2D eigenvalue weighted by molar-refractivity contribution is 0.102. The second-order valence-electron chi connectivity index (χ2n) is 6.47. The lowest BCUT2D eigenvalue weighted by Gasteiger charge is -2.13. The van der Waals surface area contributed by atoms with E-state index in [1.54, 1.807) is 25.1 Å². The molecule has 7 nitrogen and oxygen atoms in total. The van der Waals surface area contributed by atoms with Crippen molar-refractivity contribution in [3.8, 4) is 5.75 Å². The second-order valence-corrected chi connectivity index (χ2v) is 6.91. The van der Waals surface area contributed by atoms with Gasteiger partial charge in [0, 0.05) is 22.7 Å². The summed E-state index contributed by atoms with van der Waals surface area (Å²) in [7, 11) is 0. The first-order chi connectivity index (χ1) is 14.4. The van der Waals surface area contributed by atoms with Crippen LogP contribution in [0.1, 0.15) is 21.8 Å². The van der Waals surface area contributed by atoms with Crippen LogP contribution in [0.15, 0.2) is 63.9 Å². The van der Waals surface area contributed by atoms with Gasteiger partial charge in [-0.3, -0.25) is 9.59 Å². The Bertz CT molecular complexity index is 1300. The number of amides is 1. The minimum absolute atomic E-state index is 0.0168. The zero-order chi connectivity index (χ0) is 21.3. The number of aryl methyl sites for hydroxylation is 1. The summed E-state index contributed by atoms with van der Waals surface area (Å²) in [6.07, 6.45) is 0. The van der Waals surface area contributed by atoms with Crippen LogP contribution >= 0.6 is 11.6 Å². The molecule has 152 valence electrons. The number of aromatic nitrogens is 2. The summed E-state index contributed by atoms with van der Waals surface area (Å²) in [4.78, 5) is 28.9. The van der Waals surface area contributed by atoms with Gasteiger partial charge in [0.15, 0.2) is 5.65 Å². The van der Waals surface area contributed by atoms with Crippen LogP contribution in [0.4, 0.5) is 10.1 Å². The molecule has 4 rings (SSSR count). The summed E-state index contributed by atoms with van der Waals surface area (Å²) in [5.74, 6) is 0.00157. The predicted molar refractivity (Wildman–Crippen MR) is 109 cm³/mol. The zero-order valence-electron chi connectivity index (χ0n) is 15.7. The van der Waals surface area contributed by atoms with E-state index in [-0.39, 0.29) is 17.7 Å². The normalized spacial score (nSPS) is 10.9. The maximum atomic E-state index is 13.1. The topological polar surface area (TPSA) is 85.8 Å². The van der Waals surface area contributed by atoms with Crippen LogP contribution < -0.4 is 15.6 Å². The number of fused-ring (bicyclic) bond motifs is 1. The number of nitrogens with zero attached hydrogens (tertiary/aromatic N) is 2. The number of hydrogen-bond acceptors (Lipinski definition) is 5. The van der Waals surface area contributed by atoms with E-state index >= 15 is 0 Å². The number of anilines is 1. The first-order valence-electron chi connectivity index (χ1n) is 8.88. The molecular formula is C21H15ClFN3O4. The van der Waals surface area contributed by atoms with E-state index in [9.17, 15) is 14.0 Å². The summed E-state index contributed by atoms with van der Waals surface area (Å²) >= 11 is 6.05. The highest BCUT2D eigenvalue weighted by Crippen LogP contribution is 2.29. The molecule has 0 fully saturated rings. The minimum atomic E-state index is -0.450. The van der Waals surface area contributed by atoms with Crippen LogP contribution in [0.5, 0.6) is 5.75 Å². The molecule has 2 aromatic heterocycles. The van der Waals surface area contributed by atoms with Crippen molar-refractivity contribution < 1.29 is 18.4 Å². The first-order valence-corrected chi connectivity index (χ1v) is 9.26. The standard InChI is InChI=1S/C21H15ClFN3O4/c1-12-8-19-24-16(10-20(27)26(19)30-12)11-29-18-7-4-14(22)9-17(18)25-21(28)13-2-5-15(23)6-3-13/h2-10H,11H2,1H3,(H,25,28). The number of ether oxygens (including phenoxy) is 1. The molecular weight excluding hydrogens is 413 g/mol. The molecule has 9 heteroatoms. The van der Waals surface area contributed by atoms with E-state index in [4.69, 9.17) is 20.9 Å². The molecule has 0 saturated heterocycles. The van der Waals surface area contributed by atoms with Crippen molar-refractivity contribution in [2.75, 3.05) is 5.32 Å². The van der Waals surface area contributed by atoms with Gasteiger partial charge in [-0.25, -0.2) is 9.37 Å². The molecule has 2 aromatic carbocycles. The number of benzene rings is 2. The van der Waals surface area contributed by atoms with E-state index in [1.165, 1.54) is 36.4 Å². The molecule has 0 aliphatic heterocycles. The average Bonchev–Trinajstić information content (AvgIpc) is 3.09. The highest BCUT2D eigenvalue weighted by Gasteiger charge is 2.13. The van der Waals surface area contributed by atoms with Gasteiger partial charge in [-0.2, -0.15) is 0 Å². The van der Waals surface area contributed by atoms with Gasteiger partial charge in [0.2, 0.25) is 0 Å². The highest BCUT2D eigenvalue weighted by atomic mass is 35.5. The van der Waals surface area contributed by atoms with Crippen LogP contribution in [-0.2, 0) is 6.61 Å². The number of halogens is 2. The number of carbonyl (C=O) groups excluding carboxylic acids is 1. The first kappa shape index (κ1) is 19.7. The van der Waals surface area contributed by atoms with Crippen LogP contribution in [0, 0.1) is 12.7 Å². The molecule has 30 heavy (non-hydrogen) atoms. The van der Waals surface area contributed by atoms with Gasteiger partial charge < -0.3 is 14.6 Å². The van der Waals surface area contributed by atoms with Crippen molar-refractivity contribution >= 4 is 28.8 Å². The minimum Gasteiger partial charge on any atom is -0.485 e.